The molecular formula is C21H30FIN4O2. The Morgan fingerprint density at radius 1 is 1.31 bits per heavy atom. The van der Waals surface area contributed by atoms with E-state index in [9.17, 15) is 9.18 Å². The van der Waals surface area contributed by atoms with Crippen LogP contribution in [0.5, 0.6) is 0 Å². The molecule has 1 aromatic carbocycles. The summed E-state index contributed by atoms with van der Waals surface area (Å²) in [5.74, 6) is 0.746. The third kappa shape index (κ3) is 4.78. The number of nitrogens with zero attached hydrogens (tertiary/aromatic N) is 3. The number of hydrogen-bond donors (Lipinski definition) is 1. The molecule has 0 radical (unpaired) electrons. The Kier molecular flexibility index (Phi) is 6.31. The fraction of sp³-hybridized carbons (Fsp3) is 0.619. The number of aliphatic imine (C=N–C) groups is 1. The molecule has 1 saturated heterocycles. The molecule has 1 saturated carbocycles. The predicted molar refractivity (Wildman–Crippen MR) is 121 cm³/mol. The summed E-state index contributed by atoms with van der Waals surface area (Å²) in [6.45, 7) is 8.94. The van der Waals surface area contributed by atoms with Gasteiger partial charge in [0.05, 0.1) is 12.6 Å². The van der Waals surface area contributed by atoms with E-state index in [1.54, 1.807) is 11.0 Å². The Morgan fingerprint density at radius 3 is 2.69 bits per heavy atom. The quantitative estimate of drug-likeness (QED) is 0.627. The first-order valence-corrected chi connectivity index (χ1v) is 10.1. The summed E-state index contributed by atoms with van der Waals surface area (Å²) in [6, 6.07) is 7.24. The van der Waals surface area contributed by atoms with Gasteiger partial charge < -0.3 is 19.9 Å². The molecule has 0 aromatic heterocycles. The minimum Gasteiger partial charge on any atom is -0.444 e. The zero-order valence-electron chi connectivity index (χ0n) is 17.3. The standard InChI is InChI=1S/C21H29FN4O2.HI/c1-20(2,3)28-19(27)25-10-11-26-15(13-25)12-23-18(26)24-14-21(8-9-21)16-6-4-5-7-17(16)22;/h4-7,15H,8-14H2,1-3H3,(H,23,24);1H. The van der Waals surface area contributed by atoms with Crippen LogP contribution in [-0.4, -0.2) is 66.2 Å². The van der Waals surface area contributed by atoms with Crippen LogP contribution in [0.3, 0.4) is 0 Å². The number of carbonyl (C=O) groups excluding carboxylic acids is 1. The molecule has 2 fully saturated rings. The summed E-state index contributed by atoms with van der Waals surface area (Å²) >= 11 is 0. The van der Waals surface area contributed by atoms with Crippen molar-refractivity contribution in [3.8, 4) is 0 Å². The van der Waals surface area contributed by atoms with Crippen LogP contribution >= 0.6 is 24.0 Å². The number of rotatable bonds is 3. The number of guanidine groups is 1. The first kappa shape index (κ1) is 22.1. The summed E-state index contributed by atoms with van der Waals surface area (Å²) in [7, 11) is 0. The minimum absolute atomic E-state index is 0. The maximum Gasteiger partial charge on any atom is 0.410 e. The molecule has 0 bridgehead atoms. The lowest BCUT2D eigenvalue weighted by Gasteiger charge is -2.39. The Balaban J connectivity index is 0.00000240. The summed E-state index contributed by atoms with van der Waals surface area (Å²) in [4.78, 5) is 21.0. The Morgan fingerprint density at radius 2 is 2.03 bits per heavy atom. The van der Waals surface area contributed by atoms with E-state index in [4.69, 9.17) is 4.74 Å². The number of benzene rings is 1. The van der Waals surface area contributed by atoms with Crippen LogP contribution in [0.2, 0.25) is 0 Å². The van der Waals surface area contributed by atoms with E-state index in [0.717, 1.165) is 30.9 Å². The second-order valence-corrected chi connectivity index (χ2v) is 9.05. The van der Waals surface area contributed by atoms with Gasteiger partial charge in [-0.3, -0.25) is 4.99 Å². The van der Waals surface area contributed by atoms with Gasteiger partial charge in [0, 0.05) is 31.6 Å². The van der Waals surface area contributed by atoms with Gasteiger partial charge in [-0.05, 0) is 45.2 Å². The Hall–Kier alpha value is -1.58. The van der Waals surface area contributed by atoms with Crippen LogP contribution in [0, 0.1) is 5.82 Å². The van der Waals surface area contributed by atoms with E-state index in [2.05, 4.69) is 15.2 Å². The van der Waals surface area contributed by atoms with Crippen molar-refractivity contribution in [1.29, 1.82) is 0 Å². The van der Waals surface area contributed by atoms with Gasteiger partial charge in [-0.25, -0.2) is 9.18 Å². The largest absolute Gasteiger partial charge is 0.444 e. The van der Waals surface area contributed by atoms with Crippen molar-refractivity contribution in [2.45, 2.75) is 50.7 Å². The molecule has 4 rings (SSSR count). The maximum absolute atomic E-state index is 14.2. The van der Waals surface area contributed by atoms with Crippen LogP contribution in [0.15, 0.2) is 29.3 Å². The lowest BCUT2D eigenvalue weighted by atomic mass is 9.95. The molecule has 0 spiro atoms. The topological polar surface area (TPSA) is 57.2 Å². The highest BCUT2D eigenvalue weighted by Gasteiger charge is 2.46. The summed E-state index contributed by atoms with van der Waals surface area (Å²) < 4.78 is 19.7. The molecule has 6 nitrogen and oxygen atoms in total. The molecular weight excluding hydrogens is 486 g/mol. The van der Waals surface area contributed by atoms with Crippen molar-refractivity contribution in [1.82, 2.24) is 15.1 Å². The van der Waals surface area contributed by atoms with E-state index >= 15 is 0 Å². The molecule has 3 aliphatic rings. The monoisotopic (exact) mass is 516 g/mol. The maximum atomic E-state index is 14.2. The average Bonchev–Trinajstić information content (AvgIpc) is 3.31. The van der Waals surface area contributed by atoms with E-state index < -0.39 is 5.60 Å². The van der Waals surface area contributed by atoms with E-state index in [0.29, 0.717) is 26.2 Å². The lowest BCUT2D eigenvalue weighted by Crippen LogP contribution is -2.58. The van der Waals surface area contributed by atoms with Crippen LogP contribution in [0.25, 0.3) is 0 Å². The third-order valence-corrected chi connectivity index (χ3v) is 5.74. The summed E-state index contributed by atoms with van der Waals surface area (Å²) in [6.07, 6.45) is 1.72. The molecule has 1 N–H and O–H groups in total. The van der Waals surface area contributed by atoms with Gasteiger partial charge in [0.15, 0.2) is 5.96 Å². The van der Waals surface area contributed by atoms with E-state index in [-0.39, 0.29) is 47.3 Å². The summed E-state index contributed by atoms with van der Waals surface area (Å²) in [5, 5.41) is 3.47. The van der Waals surface area contributed by atoms with Gasteiger partial charge in [0.2, 0.25) is 0 Å². The molecule has 2 heterocycles. The number of piperazine rings is 1. The highest BCUT2D eigenvalue weighted by Crippen LogP contribution is 2.48. The van der Waals surface area contributed by atoms with Gasteiger partial charge in [0.1, 0.15) is 11.4 Å². The Labute approximate surface area is 188 Å². The van der Waals surface area contributed by atoms with Gasteiger partial charge in [-0.1, -0.05) is 18.2 Å². The smallest absolute Gasteiger partial charge is 0.410 e. The van der Waals surface area contributed by atoms with Gasteiger partial charge in [0.25, 0.3) is 0 Å². The molecule has 29 heavy (non-hydrogen) atoms. The van der Waals surface area contributed by atoms with Gasteiger partial charge in [-0.2, -0.15) is 0 Å². The number of halogens is 2. The zero-order valence-corrected chi connectivity index (χ0v) is 19.6. The molecule has 160 valence electrons. The fourth-order valence-corrected chi connectivity index (χ4v) is 4.05. The molecule has 1 atom stereocenters. The van der Waals surface area contributed by atoms with Crippen LogP contribution in [-0.2, 0) is 10.2 Å². The van der Waals surface area contributed by atoms with E-state index in [1.165, 1.54) is 6.07 Å². The normalized spacial score (nSPS) is 22.3. The Bertz CT molecular complexity index is 791. The van der Waals surface area contributed by atoms with E-state index in [1.807, 2.05) is 32.9 Å². The van der Waals surface area contributed by atoms with Crippen LogP contribution in [0.1, 0.15) is 39.2 Å². The zero-order chi connectivity index (χ0) is 19.9. The second-order valence-electron chi connectivity index (χ2n) is 9.05. The first-order chi connectivity index (χ1) is 13.3. The highest BCUT2D eigenvalue weighted by atomic mass is 127. The molecule has 1 amide bonds. The van der Waals surface area contributed by atoms with Crippen molar-refractivity contribution in [2.24, 2.45) is 4.99 Å². The third-order valence-electron chi connectivity index (χ3n) is 5.74. The molecule has 2 aliphatic heterocycles. The van der Waals surface area contributed by atoms with Crippen molar-refractivity contribution in [3.05, 3.63) is 35.6 Å². The fourth-order valence-electron chi connectivity index (χ4n) is 4.05. The van der Waals surface area contributed by atoms with Crippen LogP contribution < -0.4 is 5.32 Å². The van der Waals surface area contributed by atoms with Crippen molar-refractivity contribution < 1.29 is 13.9 Å². The predicted octanol–water partition coefficient (Wildman–Crippen LogP) is 3.36. The second kappa shape index (κ2) is 8.28. The van der Waals surface area contributed by atoms with Crippen molar-refractivity contribution in [3.63, 3.8) is 0 Å². The summed E-state index contributed by atoms with van der Waals surface area (Å²) in [5.41, 5.74) is 0.190. The SMILES string of the molecule is CC(C)(C)OC(=O)N1CCN2C(NCC3(c4ccccc4F)CC3)=NCC2C1.I. The average molecular weight is 516 g/mol. The number of ether oxygens (including phenoxy) is 1. The first-order valence-electron chi connectivity index (χ1n) is 10.1. The number of nitrogens with one attached hydrogen (secondary N) is 1. The van der Waals surface area contributed by atoms with Crippen molar-refractivity contribution in [2.75, 3.05) is 32.7 Å². The van der Waals surface area contributed by atoms with Gasteiger partial charge >= 0.3 is 6.09 Å². The molecule has 1 aliphatic carbocycles. The van der Waals surface area contributed by atoms with Crippen molar-refractivity contribution >= 4 is 36.0 Å². The minimum atomic E-state index is -0.488. The number of carbonyl (C=O) groups is 1. The van der Waals surface area contributed by atoms with Gasteiger partial charge in [-0.15, -0.1) is 24.0 Å². The molecule has 1 unspecified atom stereocenters. The molecule has 1 aromatic rings. The number of hydrogen-bond acceptors (Lipinski definition) is 5. The molecule has 8 heteroatoms. The number of amides is 1. The lowest BCUT2D eigenvalue weighted by molar-refractivity contribution is 0.0137. The number of fused-ring (bicyclic) bond motifs is 1. The van der Waals surface area contributed by atoms with Crippen LogP contribution in [0.4, 0.5) is 9.18 Å². The highest BCUT2D eigenvalue weighted by molar-refractivity contribution is 14.0.